The van der Waals surface area contributed by atoms with Crippen LogP contribution in [0.1, 0.15) is 18.5 Å². The molecule has 0 radical (unpaired) electrons. The molecule has 0 spiro atoms. The van der Waals surface area contributed by atoms with E-state index in [0.717, 1.165) is 17.1 Å². The molecule has 5 heteroatoms. The highest BCUT2D eigenvalue weighted by Gasteiger charge is 2.14. The van der Waals surface area contributed by atoms with Crippen LogP contribution in [0.2, 0.25) is 10.0 Å². The lowest BCUT2D eigenvalue weighted by molar-refractivity contribution is 0.611. The van der Waals surface area contributed by atoms with Crippen molar-refractivity contribution in [1.82, 2.24) is 5.43 Å². The summed E-state index contributed by atoms with van der Waals surface area (Å²) in [6, 6.07) is 5.63. The molecule has 0 fully saturated rings. The minimum atomic E-state index is 0.0427. The summed E-state index contributed by atoms with van der Waals surface area (Å²) in [5, 5.41) is 1.15. The first kappa shape index (κ1) is 13.1. The maximum atomic E-state index is 6.11. The summed E-state index contributed by atoms with van der Waals surface area (Å²) in [7, 11) is 0. The van der Waals surface area contributed by atoms with Gasteiger partial charge in [0.2, 0.25) is 0 Å². The van der Waals surface area contributed by atoms with Crippen LogP contribution < -0.4 is 11.3 Å². The number of nitrogens with two attached hydrogens (primary N) is 1. The van der Waals surface area contributed by atoms with Gasteiger partial charge in [0.05, 0.1) is 16.1 Å². The normalized spacial score (nSPS) is 12.8. The Morgan fingerprint density at radius 2 is 2.20 bits per heavy atom. The smallest absolute Gasteiger partial charge is 0.0640 e. The van der Waals surface area contributed by atoms with Crippen LogP contribution in [0.5, 0.6) is 0 Å². The molecule has 3 N–H and O–H groups in total. The molecule has 84 valence electrons. The zero-order chi connectivity index (χ0) is 11.3. The standard InChI is InChI=1S/C10H14Cl2N2S/c1-2-15-6-9(14-13)7-4-3-5-8(11)10(7)12/h3-5,9,14H,2,6,13H2,1H3. The second-order valence-electron chi connectivity index (χ2n) is 3.02. The van der Waals surface area contributed by atoms with Gasteiger partial charge in [-0.05, 0) is 17.4 Å². The van der Waals surface area contributed by atoms with E-state index >= 15 is 0 Å². The third-order valence-corrected chi connectivity index (χ3v) is 3.86. The van der Waals surface area contributed by atoms with Crippen molar-refractivity contribution in [3.05, 3.63) is 33.8 Å². The Balaban J connectivity index is 2.86. The van der Waals surface area contributed by atoms with Crippen molar-refractivity contribution in [2.75, 3.05) is 11.5 Å². The zero-order valence-corrected chi connectivity index (χ0v) is 10.8. The molecule has 1 atom stereocenters. The second kappa shape index (κ2) is 6.61. The van der Waals surface area contributed by atoms with Gasteiger partial charge in [0.15, 0.2) is 0 Å². The summed E-state index contributed by atoms with van der Waals surface area (Å²) in [5.74, 6) is 7.43. The average molecular weight is 265 g/mol. The fourth-order valence-corrected chi connectivity index (χ4v) is 2.44. The number of hydrogen-bond donors (Lipinski definition) is 2. The Morgan fingerprint density at radius 1 is 1.47 bits per heavy atom. The number of hydrogen-bond acceptors (Lipinski definition) is 3. The molecule has 0 amide bonds. The highest BCUT2D eigenvalue weighted by molar-refractivity contribution is 7.99. The van der Waals surface area contributed by atoms with E-state index in [4.69, 9.17) is 29.0 Å². The molecule has 0 bridgehead atoms. The predicted octanol–water partition coefficient (Wildman–Crippen LogP) is 3.25. The van der Waals surface area contributed by atoms with Crippen LogP contribution in [0, 0.1) is 0 Å². The lowest BCUT2D eigenvalue weighted by Crippen LogP contribution is -2.30. The number of rotatable bonds is 5. The molecule has 0 heterocycles. The molecular weight excluding hydrogens is 251 g/mol. The predicted molar refractivity (Wildman–Crippen MR) is 69.5 cm³/mol. The number of halogens is 2. The van der Waals surface area contributed by atoms with Crippen LogP contribution in [0.25, 0.3) is 0 Å². The first-order valence-electron chi connectivity index (χ1n) is 4.68. The van der Waals surface area contributed by atoms with E-state index in [-0.39, 0.29) is 6.04 Å². The molecule has 1 aromatic carbocycles. The molecule has 1 aromatic rings. The van der Waals surface area contributed by atoms with Crippen LogP contribution in [0.15, 0.2) is 18.2 Å². The molecule has 0 aliphatic rings. The van der Waals surface area contributed by atoms with Gasteiger partial charge in [-0.25, -0.2) is 0 Å². The zero-order valence-electron chi connectivity index (χ0n) is 8.47. The van der Waals surface area contributed by atoms with Crippen LogP contribution >= 0.6 is 35.0 Å². The first-order valence-corrected chi connectivity index (χ1v) is 6.59. The minimum absolute atomic E-state index is 0.0427. The van der Waals surface area contributed by atoms with Gasteiger partial charge in [0, 0.05) is 5.75 Å². The number of benzene rings is 1. The molecule has 0 aliphatic carbocycles. The number of nitrogens with one attached hydrogen (secondary N) is 1. The van der Waals surface area contributed by atoms with Gasteiger partial charge < -0.3 is 0 Å². The van der Waals surface area contributed by atoms with Crippen molar-refractivity contribution in [2.45, 2.75) is 13.0 Å². The van der Waals surface area contributed by atoms with Gasteiger partial charge in [-0.1, -0.05) is 42.3 Å². The molecule has 1 unspecified atom stereocenters. The molecule has 0 saturated heterocycles. The van der Waals surface area contributed by atoms with Crippen molar-refractivity contribution in [3.63, 3.8) is 0 Å². The highest BCUT2D eigenvalue weighted by atomic mass is 35.5. The largest absolute Gasteiger partial charge is 0.271 e. The van der Waals surface area contributed by atoms with Gasteiger partial charge in [0.1, 0.15) is 0 Å². The van der Waals surface area contributed by atoms with Gasteiger partial charge in [-0.2, -0.15) is 11.8 Å². The quantitative estimate of drug-likeness (QED) is 0.634. The summed E-state index contributed by atoms with van der Waals surface area (Å²) in [4.78, 5) is 0. The van der Waals surface area contributed by atoms with Crippen molar-refractivity contribution in [3.8, 4) is 0 Å². The summed E-state index contributed by atoms with van der Waals surface area (Å²) < 4.78 is 0. The lowest BCUT2D eigenvalue weighted by atomic mass is 10.1. The van der Waals surface area contributed by atoms with E-state index in [2.05, 4.69) is 12.3 Å². The van der Waals surface area contributed by atoms with Crippen molar-refractivity contribution < 1.29 is 0 Å². The van der Waals surface area contributed by atoms with Gasteiger partial charge in [0.25, 0.3) is 0 Å². The van der Waals surface area contributed by atoms with Crippen LogP contribution in [0.3, 0.4) is 0 Å². The number of thioether (sulfide) groups is 1. The van der Waals surface area contributed by atoms with E-state index in [1.54, 1.807) is 17.8 Å². The first-order chi connectivity index (χ1) is 7.20. The lowest BCUT2D eigenvalue weighted by Gasteiger charge is -2.17. The third kappa shape index (κ3) is 3.54. The van der Waals surface area contributed by atoms with Crippen LogP contribution in [0.4, 0.5) is 0 Å². The monoisotopic (exact) mass is 264 g/mol. The van der Waals surface area contributed by atoms with Gasteiger partial charge in [-0.15, -0.1) is 0 Å². The van der Waals surface area contributed by atoms with E-state index < -0.39 is 0 Å². The molecule has 0 aliphatic heterocycles. The molecule has 2 nitrogen and oxygen atoms in total. The SMILES string of the molecule is CCSCC(NN)c1cccc(Cl)c1Cl. The Kier molecular flexibility index (Phi) is 5.79. The minimum Gasteiger partial charge on any atom is -0.271 e. The van der Waals surface area contributed by atoms with Crippen molar-refractivity contribution in [1.29, 1.82) is 0 Å². The second-order valence-corrected chi connectivity index (χ2v) is 5.13. The molecule has 0 aromatic heterocycles. The molecule has 0 saturated carbocycles. The maximum Gasteiger partial charge on any atom is 0.0640 e. The van der Waals surface area contributed by atoms with E-state index in [0.29, 0.717) is 10.0 Å². The molecular formula is C10H14Cl2N2S. The third-order valence-electron chi connectivity index (χ3n) is 2.05. The summed E-state index contributed by atoms with van der Waals surface area (Å²) in [5.41, 5.74) is 3.71. The molecule has 1 rings (SSSR count). The van der Waals surface area contributed by atoms with Crippen molar-refractivity contribution in [2.24, 2.45) is 5.84 Å². The topological polar surface area (TPSA) is 38.0 Å². The Morgan fingerprint density at radius 3 is 2.80 bits per heavy atom. The van der Waals surface area contributed by atoms with E-state index in [1.807, 2.05) is 12.1 Å². The summed E-state index contributed by atoms with van der Waals surface area (Å²) >= 11 is 13.9. The summed E-state index contributed by atoms with van der Waals surface area (Å²) in [6.45, 7) is 2.11. The fourth-order valence-electron chi connectivity index (χ4n) is 1.25. The van der Waals surface area contributed by atoms with Gasteiger partial charge >= 0.3 is 0 Å². The van der Waals surface area contributed by atoms with E-state index in [1.165, 1.54) is 0 Å². The Hall–Kier alpha value is 0.0700. The van der Waals surface area contributed by atoms with E-state index in [9.17, 15) is 0 Å². The summed E-state index contributed by atoms with van der Waals surface area (Å²) in [6.07, 6.45) is 0. The molecule has 15 heavy (non-hydrogen) atoms. The average Bonchev–Trinajstić information content (AvgIpc) is 2.25. The van der Waals surface area contributed by atoms with Gasteiger partial charge in [-0.3, -0.25) is 11.3 Å². The van der Waals surface area contributed by atoms with Crippen molar-refractivity contribution >= 4 is 35.0 Å². The highest BCUT2D eigenvalue weighted by Crippen LogP contribution is 2.30. The fraction of sp³-hybridized carbons (Fsp3) is 0.400. The Bertz CT molecular complexity index is 320. The van der Waals surface area contributed by atoms with Crippen LogP contribution in [-0.4, -0.2) is 11.5 Å². The maximum absolute atomic E-state index is 6.11. The number of hydrazine groups is 1. The van der Waals surface area contributed by atoms with Crippen LogP contribution in [-0.2, 0) is 0 Å². The Labute approximate surface area is 104 Å².